The molecule has 94 valence electrons. The van der Waals surface area contributed by atoms with Crippen molar-refractivity contribution in [3.8, 4) is 0 Å². The zero-order valence-corrected chi connectivity index (χ0v) is 12.5. The van der Waals surface area contributed by atoms with Crippen LogP contribution in [0.4, 0.5) is 0 Å². The van der Waals surface area contributed by atoms with E-state index in [2.05, 4.69) is 27.7 Å². The third-order valence-electron chi connectivity index (χ3n) is 3.19. The molecule has 1 unspecified atom stereocenters. The maximum Gasteiger partial charge on any atom is -0.0351 e. The highest BCUT2D eigenvalue weighted by Crippen LogP contribution is 2.41. The second-order valence-electron chi connectivity index (χ2n) is 5.26. The van der Waals surface area contributed by atoms with Crippen molar-refractivity contribution in [1.29, 1.82) is 0 Å². The Bertz CT molecular complexity index is 122. The zero-order chi connectivity index (χ0) is 12.5. The van der Waals surface area contributed by atoms with Gasteiger partial charge in [-0.25, -0.2) is 0 Å². The van der Waals surface area contributed by atoms with Crippen LogP contribution in [0.3, 0.4) is 0 Å². The second kappa shape index (κ2) is 9.24. The molecule has 15 heavy (non-hydrogen) atoms. The van der Waals surface area contributed by atoms with Crippen molar-refractivity contribution in [3.63, 3.8) is 0 Å². The van der Waals surface area contributed by atoms with E-state index in [-0.39, 0.29) is 0 Å². The molecule has 0 heterocycles. The van der Waals surface area contributed by atoms with Crippen molar-refractivity contribution in [3.05, 3.63) is 0 Å². The lowest BCUT2D eigenvalue weighted by Gasteiger charge is -2.37. The molecule has 0 aromatic heterocycles. The highest BCUT2D eigenvalue weighted by atomic mass is 14.3. The van der Waals surface area contributed by atoms with Gasteiger partial charge in [-0.05, 0) is 30.1 Å². The standard InChI is InChI=1S/C11H22.2C2H6/c1-9(2)10-6-5-7-11(3,4)8-10;2*1-2/h9-10H,5-8H2,1-4H3;2*1-2H3. The average molecular weight is 214 g/mol. The van der Waals surface area contributed by atoms with Gasteiger partial charge in [-0.3, -0.25) is 0 Å². The summed E-state index contributed by atoms with van der Waals surface area (Å²) in [5.41, 5.74) is 0.632. The Morgan fingerprint density at radius 1 is 1.00 bits per heavy atom. The SMILES string of the molecule is CC.CC.CC(C)C1CCCC(C)(C)C1. The lowest BCUT2D eigenvalue weighted by atomic mass is 9.69. The van der Waals surface area contributed by atoms with Gasteiger partial charge in [-0.15, -0.1) is 0 Å². The molecule has 1 aliphatic carbocycles. The molecular weight excluding hydrogens is 180 g/mol. The Balaban J connectivity index is 0. The Morgan fingerprint density at radius 3 is 1.73 bits per heavy atom. The molecule has 0 bridgehead atoms. The monoisotopic (exact) mass is 214 g/mol. The minimum absolute atomic E-state index is 0.632. The minimum Gasteiger partial charge on any atom is -0.0683 e. The largest absolute Gasteiger partial charge is 0.0683 e. The second-order valence-corrected chi connectivity index (χ2v) is 5.26. The van der Waals surface area contributed by atoms with Crippen LogP contribution in [0.1, 0.15) is 81.1 Å². The first kappa shape index (κ1) is 17.4. The molecule has 0 saturated heterocycles. The molecule has 0 aliphatic heterocycles. The van der Waals surface area contributed by atoms with Crippen LogP contribution in [-0.4, -0.2) is 0 Å². The summed E-state index contributed by atoms with van der Waals surface area (Å²) >= 11 is 0. The molecule has 0 amide bonds. The molecule has 0 heteroatoms. The van der Waals surface area contributed by atoms with Crippen LogP contribution in [0.25, 0.3) is 0 Å². The third-order valence-corrected chi connectivity index (χ3v) is 3.19. The lowest BCUT2D eigenvalue weighted by molar-refractivity contribution is 0.147. The molecule has 0 nitrogen and oxygen atoms in total. The van der Waals surface area contributed by atoms with Crippen molar-refractivity contribution in [2.24, 2.45) is 17.3 Å². The summed E-state index contributed by atoms with van der Waals surface area (Å²) in [6, 6.07) is 0. The molecule has 1 rings (SSSR count). The van der Waals surface area contributed by atoms with Crippen LogP contribution in [0.5, 0.6) is 0 Å². The molecule has 1 saturated carbocycles. The Labute approximate surface area is 98.9 Å². The van der Waals surface area contributed by atoms with E-state index in [9.17, 15) is 0 Å². The highest BCUT2D eigenvalue weighted by Gasteiger charge is 2.29. The van der Waals surface area contributed by atoms with E-state index in [1.165, 1.54) is 25.7 Å². The third kappa shape index (κ3) is 7.88. The van der Waals surface area contributed by atoms with Crippen molar-refractivity contribution >= 4 is 0 Å². The quantitative estimate of drug-likeness (QED) is 0.509. The fourth-order valence-corrected chi connectivity index (χ4v) is 2.33. The predicted octanol–water partition coefficient (Wildman–Crippen LogP) is 5.91. The predicted molar refractivity (Wildman–Crippen MR) is 73.3 cm³/mol. The first-order valence-electron chi connectivity index (χ1n) is 7.01. The average Bonchev–Trinajstić information content (AvgIpc) is 2.22. The molecular formula is C15H34. The summed E-state index contributed by atoms with van der Waals surface area (Å²) in [4.78, 5) is 0. The summed E-state index contributed by atoms with van der Waals surface area (Å²) in [7, 11) is 0. The lowest BCUT2D eigenvalue weighted by Crippen LogP contribution is -2.25. The van der Waals surface area contributed by atoms with Crippen molar-refractivity contribution in [2.45, 2.75) is 81.1 Å². The smallest absolute Gasteiger partial charge is 0.0351 e. The Kier molecular flexibility index (Phi) is 10.7. The van der Waals surface area contributed by atoms with E-state index >= 15 is 0 Å². The van der Waals surface area contributed by atoms with E-state index in [1.54, 1.807) is 0 Å². The van der Waals surface area contributed by atoms with Gasteiger partial charge in [-0.1, -0.05) is 68.2 Å². The highest BCUT2D eigenvalue weighted by molar-refractivity contribution is 4.80. The maximum absolute atomic E-state index is 2.42. The van der Waals surface area contributed by atoms with Gasteiger partial charge in [-0.2, -0.15) is 0 Å². The molecule has 0 spiro atoms. The summed E-state index contributed by atoms with van der Waals surface area (Å²) < 4.78 is 0. The van der Waals surface area contributed by atoms with Crippen molar-refractivity contribution in [2.75, 3.05) is 0 Å². The fraction of sp³-hybridized carbons (Fsp3) is 1.00. The number of hydrogen-bond donors (Lipinski definition) is 0. The van der Waals surface area contributed by atoms with Crippen LogP contribution in [0.15, 0.2) is 0 Å². The van der Waals surface area contributed by atoms with Gasteiger partial charge in [0.15, 0.2) is 0 Å². The minimum atomic E-state index is 0.632. The van der Waals surface area contributed by atoms with Gasteiger partial charge in [0.05, 0.1) is 0 Å². The summed E-state index contributed by atoms with van der Waals surface area (Å²) in [5, 5.41) is 0. The number of hydrogen-bond acceptors (Lipinski definition) is 0. The number of rotatable bonds is 1. The first-order valence-corrected chi connectivity index (χ1v) is 7.01. The van der Waals surface area contributed by atoms with E-state index < -0.39 is 0 Å². The van der Waals surface area contributed by atoms with Gasteiger partial charge in [0, 0.05) is 0 Å². The van der Waals surface area contributed by atoms with Gasteiger partial charge < -0.3 is 0 Å². The normalized spacial score (nSPS) is 23.4. The van der Waals surface area contributed by atoms with Crippen LogP contribution in [0.2, 0.25) is 0 Å². The fourth-order valence-electron chi connectivity index (χ4n) is 2.33. The van der Waals surface area contributed by atoms with Crippen LogP contribution >= 0.6 is 0 Å². The molecule has 1 fully saturated rings. The van der Waals surface area contributed by atoms with E-state index in [0.717, 1.165) is 11.8 Å². The van der Waals surface area contributed by atoms with Crippen LogP contribution < -0.4 is 0 Å². The van der Waals surface area contributed by atoms with Crippen LogP contribution in [-0.2, 0) is 0 Å². The summed E-state index contributed by atoms with van der Waals surface area (Å²) in [5.74, 6) is 1.90. The van der Waals surface area contributed by atoms with Gasteiger partial charge in [0.25, 0.3) is 0 Å². The topological polar surface area (TPSA) is 0 Å². The van der Waals surface area contributed by atoms with Gasteiger partial charge >= 0.3 is 0 Å². The van der Waals surface area contributed by atoms with E-state index in [4.69, 9.17) is 0 Å². The molecule has 1 aliphatic rings. The van der Waals surface area contributed by atoms with Crippen LogP contribution in [0, 0.1) is 17.3 Å². The first-order chi connectivity index (χ1) is 7.01. The van der Waals surface area contributed by atoms with Crippen molar-refractivity contribution in [1.82, 2.24) is 0 Å². The van der Waals surface area contributed by atoms with E-state index in [0.29, 0.717) is 5.41 Å². The maximum atomic E-state index is 2.42. The van der Waals surface area contributed by atoms with E-state index in [1.807, 2.05) is 27.7 Å². The molecule has 0 N–H and O–H groups in total. The van der Waals surface area contributed by atoms with Gasteiger partial charge in [0.2, 0.25) is 0 Å². The Morgan fingerprint density at radius 2 is 1.47 bits per heavy atom. The molecule has 0 radical (unpaired) electrons. The van der Waals surface area contributed by atoms with Gasteiger partial charge in [0.1, 0.15) is 0 Å². The molecule has 0 aromatic rings. The summed E-state index contributed by atoms with van der Waals surface area (Å²) in [6.07, 6.45) is 5.82. The summed E-state index contributed by atoms with van der Waals surface area (Å²) in [6.45, 7) is 17.6. The molecule has 1 atom stereocenters. The molecule has 0 aromatic carbocycles. The van der Waals surface area contributed by atoms with Crippen molar-refractivity contribution < 1.29 is 0 Å². The Hall–Kier alpha value is 0. The zero-order valence-electron chi connectivity index (χ0n) is 12.5.